The molecule has 0 heterocycles. The largest absolute Gasteiger partial charge is 0.350 e. The lowest BCUT2D eigenvalue weighted by atomic mass is 10.0. The number of nitrogens with zero attached hydrogens (tertiary/aromatic N) is 2. The lowest BCUT2D eigenvalue weighted by molar-refractivity contribution is -0.142. The van der Waals surface area contributed by atoms with Crippen LogP contribution in [0.1, 0.15) is 65.0 Å². The van der Waals surface area contributed by atoms with Gasteiger partial charge in [-0.25, -0.2) is 8.42 Å². The van der Waals surface area contributed by atoms with Crippen LogP contribution in [-0.4, -0.2) is 49.5 Å². The van der Waals surface area contributed by atoms with Crippen molar-refractivity contribution in [2.24, 2.45) is 0 Å². The van der Waals surface area contributed by atoms with E-state index in [0.29, 0.717) is 27.7 Å². The van der Waals surface area contributed by atoms with E-state index in [9.17, 15) is 18.0 Å². The van der Waals surface area contributed by atoms with Crippen molar-refractivity contribution >= 4 is 50.7 Å². The first-order valence-electron chi connectivity index (χ1n) is 12.8. The average Bonchev–Trinajstić information content (AvgIpc) is 2.81. The molecule has 2 aromatic carbocycles. The number of hydrogen-bond acceptors (Lipinski definition) is 4. The van der Waals surface area contributed by atoms with Gasteiger partial charge in [0.2, 0.25) is 21.8 Å². The zero-order valence-electron chi connectivity index (χ0n) is 23.1. The van der Waals surface area contributed by atoms with Crippen molar-refractivity contribution in [3.63, 3.8) is 0 Å². The fourth-order valence-corrected chi connectivity index (χ4v) is 5.61. The molecule has 0 spiro atoms. The van der Waals surface area contributed by atoms with E-state index in [4.69, 9.17) is 23.2 Å². The van der Waals surface area contributed by atoms with Gasteiger partial charge in [-0.15, -0.1) is 0 Å². The summed E-state index contributed by atoms with van der Waals surface area (Å²) in [4.78, 5) is 28.3. The highest BCUT2D eigenvalue weighted by Gasteiger charge is 2.31. The van der Waals surface area contributed by atoms with Crippen LogP contribution in [0.15, 0.2) is 42.5 Å². The standard InChI is InChI=1S/C28H39Cl2N3O4S/c1-7-20-14-16-21(17-15-20)33(38(6,36)37)18-10-13-26(34)32(19-22-23(29)11-9-12-24(22)30)25(8-2)27(35)31-28(3,4)5/h9,11-12,14-17,25H,7-8,10,13,18-19H2,1-6H3,(H,31,35)/t25-/m0/s1. The van der Waals surface area contributed by atoms with Gasteiger partial charge in [0.15, 0.2) is 0 Å². The van der Waals surface area contributed by atoms with Gasteiger partial charge in [0.1, 0.15) is 6.04 Å². The van der Waals surface area contributed by atoms with Gasteiger partial charge in [0.25, 0.3) is 0 Å². The molecule has 1 N–H and O–H groups in total. The van der Waals surface area contributed by atoms with E-state index < -0.39 is 21.6 Å². The second-order valence-electron chi connectivity index (χ2n) is 10.3. The number of benzene rings is 2. The van der Waals surface area contributed by atoms with Gasteiger partial charge < -0.3 is 10.2 Å². The highest BCUT2D eigenvalue weighted by atomic mass is 35.5. The van der Waals surface area contributed by atoms with Crippen molar-refractivity contribution in [1.82, 2.24) is 10.2 Å². The van der Waals surface area contributed by atoms with E-state index in [0.717, 1.165) is 18.2 Å². The number of halogens is 2. The summed E-state index contributed by atoms with van der Waals surface area (Å²) in [5.74, 6) is -0.558. The zero-order valence-corrected chi connectivity index (χ0v) is 25.4. The van der Waals surface area contributed by atoms with Crippen LogP contribution in [0.25, 0.3) is 0 Å². The molecule has 10 heteroatoms. The minimum Gasteiger partial charge on any atom is -0.350 e. The summed E-state index contributed by atoms with van der Waals surface area (Å²) in [6.45, 7) is 9.68. The number of amides is 2. The molecular weight excluding hydrogens is 545 g/mol. The van der Waals surface area contributed by atoms with Crippen LogP contribution in [0.2, 0.25) is 10.0 Å². The third-order valence-electron chi connectivity index (χ3n) is 6.06. The summed E-state index contributed by atoms with van der Waals surface area (Å²) in [7, 11) is -3.56. The molecule has 0 saturated carbocycles. The Morgan fingerprint density at radius 2 is 1.58 bits per heavy atom. The van der Waals surface area contributed by atoms with Gasteiger partial charge in [-0.3, -0.25) is 13.9 Å². The quantitative estimate of drug-likeness (QED) is 0.341. The summed E-state index contributed by atoms with van der Waals surface area (Å²) in [5.41, 5.74) is 1.73. The van der Waals surface area contributed by atoms with Crippen LogP contribution in [0.5, 0.6) is 0 Å². The fourth-order valence-electron chi connectivity index (χ4n) is 4.13. The van der Waals surface area contributed by atoms with Crippen LogP contribution in [-0.2, 0) is 32.6 Å². The maximum absolute atomic E-state index is 13.6. The number of hydrogen-bond donors (Lipinski definition) is 1. The first-order chi connectivity index (χ1) is 17.7. The number of anilines is 1. The molecule has 0 aliphatic carbocycles. The maximum Gasteiger partial charge on any atom is 0.243 e. The second-order valence-corrected chi connectivity index (χ2v) is 13.1. The van der Waals surface area contributed by atoms with Gasteiger partial charge in [0.05, 0.1) is 11.9 Å². The average molecular weight is 585 g/mol. The Labute approximate surface area is 237 Å². The molecule has 7 nitrogen and oxygen atoms in total. The van der Waals surface area contributed by atoms with Crippen LogP contribution >= 0.6 is 23.2 Å². The molecule has 0 bridgehead atoms. The van der Waals surface area contributed by atoms with Gasteiger partial charge in [-0.05, 0) is 69.9 Å². The Kier molecular flexibility index (Phi) is 11.5. The minimum atomic E-state index is -3.56. The summed E-state index contributed by atoms with van der Waals surface area (Å²) >= 11 is 12.8. The van der Waals surface area contributed by atoms with Crippen LogP contribution in [0.4, 0.5) is 5.69 Å². The van der Waals surface area contributed by atoms with E-state index in [1.54, 1.807) is 30.3 Å². The predicted octanol–water partition coefficient (Wildman–Crippen LogP) is 5.82. The molecule has 0 fully saturated rings. The SMILES string of the molecule is CCc1ccc(N(CCCC(=O)N(Cc2c(Cl)cccc2Cl)[C@@H](CC)C(=O)NC(C)(C)C)S(C)(=O)=O)cc1. The van der Waals surface area contributed by atoms with Gasteiger partial charge in [-0.1, -0.05) is 55.2 Å². The van der Waals surface area contributed by atoms with Crippen molar-refractivity contribution in [3.05, 3.63) is 63.6 Å². The van der Waals surface area contributed by atoms with E-state index in [-0.39, 0.29) is 37.7 Å². The molecular formula is C28H39Cl2N3O4S. The lowest BCUT2D eigenvalue weighted by Gasteiger charge is -2.33. The molecule has 0 radical (unpaired) electrons. The molecule has 0 aromatic heterocycles. The first-order valence-corrected chi connectivity index (χ1v) is 15.4. The third kappa shape index (κ3) is 9.17. The lowest BCUT2D eigenvalue weighted by Crippen LogP contribution is -2.53. The second kappa shape index (κ2) is 13.7. The molecule has 0 aliphatic heterocycles. The van der Waals surface area contributed by atoms with E-state index in [1.165, 1.54) is 9.21 Å². The molecule has 0 unspecified atom stereocenters. The molecule has 38 heavy (non-hydrogen) atoms. The van der Waals surface area contributed by atoms with Crippen molar-refractivity contribution in [1.29, 1.82) is 0 Å². The fraction of sp³-hybridized carbons (Fsp3) is 0.500. The van der Waals surface area contributed by atoms with Crippen molar-refractivity contribution in [3.8, 4) is 0 Å². The van der Waals surface area contributed by atoms with Crippen LogP contribution < -0.4 is 9.62 Å². The Hall–Kier alpha value is -2.29. The molecule has 210 valence electrons. The molecule has 2 rings (SSSR count). The first kappa shape index (κ1) is 31.9. The number of rotatable bonds is 12. The normalized spacial score (nSPS) is 12.6. The summed E-state index contributed by atoms with van der Waals surface area (Å²) < 4.78 is 26.4. The monoisotopic (exact) mass is 583 g/mol. The van der Waals surface area contributed by atoms with E-state index >= 15 is 0 Å². The van der Waals surface area contributed by atoms with Gasteiger partial charge in [0, 0.05) is 40.7 Å². The Morgan fingerprint density at radius 1 is 1.00 bits per heavy atom. The Balaban J connectivity index is 2.29. The van der Waals surface area contributed by atoms with Crippen molar-refractivity contribution in [2.45, 2.75) is 78.4 Å². The number of carbonyl (C=O) groups excluding carboxylic acids is 2. The Bertz CT molecular complexity index is 1190. The highest BCUT2D eigenvalue weighted by Crippen LogP contribution is 2.28. The van der Waals surface area contributed by atoms with E-state index in [1.807, 2.05) is 46.8 Å². The number of aryl methyl sites for hydroxylation is 1. The van der Waals surface area contributed by atoms with Gasteiger partial charge >= 0.3 is 0 Å². The molecule has 0 saturated heterocycles. The summed E-state index contributed by atoms with van der Waals surface area (Å²) in [6.07, 6.45) is 2.69. The molecule has 2 aromatic rings. The number of sulfonamides is 1. The third-order valence-corrected chi connectivity index (χ3v) is 7.96. The summed E-state index contributed by atoms with van der Waals surface area (Å²) in [6, 6.07) is 11.7. The van der Waals surface area contributed by atoms with Crippen LogP contribution in [0.3, 0.4) is 0 Å². The predicted molar refractivity (Wildman–Crippen MR) is 156 cm³/mol. The molecule has 0 aliphatic rings. The smallest absolute Gasteiger partial charge is 0.243 e. The van der Waals surface area contributed by atoms with E-state index in [2.05, 4.69) is 5.32 Å². The Morgan fingerprint density at radius 3 is 2.05 bits per heavy atom. The van der Waals surface area contributed by atoms with Crippen molar-refractivity contribution < 1.29 is 18.0 Å². The summed E-state index contributed by atoms with van der Waals surface area (Å²) in [5, 5.41) is 3.77. The van der Waals surface area contributed by atoms with Crippen LogP contribution in [0, 0.1) is 0 Å². The zero-order chi connectivity index (χ0) is 28.7. The number of nitrogens with one attached hydrogen (secondary N) is 1. The van der Waals surface area contributed by atoms with Gasteiger partial charge in [-0.2, -0.15) is 0 Å². The van der Waals surface area contributed by atoms with Crippen molar-refractivity contribution in [2.75, 3.05) is 17.1 Å². The highest BCUT2D eigenvalue weighted by molar-refractivity contribution is 7.92. The molecule has 1 atom stereocenters. The molecule has 2 amide bonds. The topological polar surface area (TPSA) is 86.8 Å². The maximum atomic E-state index is 13.6. The number of carbonyl (C=O) groups is 2. The minimum absolute atomic E-state index is 0.0421.